The van der Waals surface area contributed by atoms with Crippen molar-refractivity contribution in [3.05, 3.63) is 53.3 Å². The highest BCUT2D eigenvalue weighted by atomic mass is 16.4. The normalized spacial score (nSPS) is 22.1. The van der Waals surface area contributed by atoms with E-state index >= 15 is 0 Å². The maximum atomic E-state index is 11.9. The van der Waals surface area contributed by atoms with Gasteiger partial charge in [0, 0.05) is 37.9 Å². The molecule has 2 heterocycles. The Labute approximate surface area is 130 Å². The monoisotopic (exact) mass is 299 g/mol. The van der Waals surface area contributed by atoms with E-state index in [0.717, 1.165) is 29.9 Å². The summed E-state index contributed by atoms with van der Waals surface area (Å²) >= 11 is 0. The molecule has 1 aliphatic heterocycles. The lowest BCUT2D eigenvalue weighted by molar-refractivity contribution is -0.143. The number of carboxylic acid groups (broad SMARTS) is 1. The van der Waals surface area contributed by atoms with Crippen LogP contribution in [0.15, 0.2) is 36.5 Å². The molecular formula is C17H21N3O2. The SMILES string of the molecule is Cc1c(CN2CCC(C(=O)O)(c3ccccc3)C2)cnn1C. The summed E-state index contributed by atoms with van der Waals surface area (Å²) in [5, 5.41) is 14.1. The van der Waals surface area contributed by atoms with E-state index in [-0.39, 0.29) is 0 Å². The molecule has 0 aliphatic carbocycles. The van der Waals surface area contributed by atoms with Gasteiger partial charge in [-0.3, -0.25) is 14.4 Å². The summed E-state index contributed by atoms with van der Waals surface area (Å²) in [4.78, 5) is 14.2. The molecule has 0 amide bonds. The minimum atomic E-state index is -0.794. The van der Waals surface area contributed by atoms with Crippen molar-refractivity contribution in [3.8, 4) is 0 Å². The van der Waals surface area contributed by atoms with Crippen molar-refractivity contribution in [1.82, 2.24) is 14.7 Å². The fraction of sp³-hybridized carbons (Fsp3) is 0.412. The Hall–Kier alpha value is -2.14. The van der Waals surface area contributed by atoms with Crippen molar-refractivity contribution in [2.75, 3.05) is 13.1 Å². The first kappa shape index (κ1) is 14.8. The number of carboxylic acids is 1. The first-order valence-corrected chi connectivity index (χ1v) is 7.52. The van der Waals surface area contributed by atoms with Gasteiger partial charge in [-0.1, -0.05) is 30.3 Å². The van der Waals surface area contributed by atoms with Gasteiger partial charge in [-0.25, -0.2) is 0 Å². The molecule has 1 aromatic carbocycles. The second-order valence-corrected chi connectivity index (χ2v) is 6.09. The van der Waals surface area contributed by atoms with Crippen molar-refractivity contribution in [1.29, 1.82) is 0 Å². The van der Waals surface area contributed by atoms with Crippen molar-refractivity contribution in [2.45, 2.75) is 25.3 Å². The average molecular weight is 299 g/mol. The Balaban J connectivity index is 1.82. The number of benzene rings is 1. The molecule has 1 fully saturated rings. The zero-order valence-electron chi connectivity index (χ0n) is 13.0. The predicted molar refractivity (Wildman–Crippen MR) is 83.6 cm³/mol. The number of hydrogen-bond donors (Lipinski definition) is 1. The summed E-state index contributed by atoms with van der Waals surface area (Å²) in [5.74, 6) is -0.732. The largest absolute Gasteiger partial charge is 0.481 e. The zero-order valence-corrected chi connectivity index (χ0v) is 13.0. The van der Waals surface area contributed by atoms with Crippen LogP contribution in [0.2, 0.25) is 0 Å². The number of nitrogens with zero attached hydrogens (tertiary/aromatic N) is 3. The van der Waals surface area contributed by atoms with Gasteiger partial charge >= 0.3 is 5.97 Å². The van der Waals surface area contributed by atoms with Crippen LogP contribution in [0.25, 0.3) is 0 Å². The Morgan fingerprint density at radius 2 is 2.09 bits per heavy atom. The van der Waals surface area contributed by atoms with Crippen LogP contribution in [0.1, 0.15) is 23.2 Å². The van der Waals surface area contributed by atoms with Crippen LogP contribution < -0.4 is 0 Å². The number of aromatic nitrogens is 2. The molecule has 22 heavy (non-hydrogen) atoms. The molecule has 1 N–H and O–H groups in total. The third-order valence-electron chi connectivity index (χ3n) is 4.81. The third kappa shape index (κ3) is 2.41. The lowest BCUT2D eigenvalue weighted by Gasteiger charge is -2.25. The molecular weight excluding hydrogens is 278 g/mol. The Kier molecular flexibility index (Phi) is 3.74. The molecule has 1 aliphatic rings. The van der Waals surface area contributed by atoms with Crippen LogP contribution >= 0.6 is 0 Å². The molecule has 116 valence electrons. The number of aryl methyl sites for hydroxylation is 1. The van der Waals surface area contributed by atoms with E-state index in [2.05, 4.69) is 10.00 Å². The molecule has 3 rings (SSSR count). The zero-order chi connectivity index (χ0) is 15.7. The summed E-state index contributed by atoms with van der Waals surface area (Å²) < 4.78 is 1.85. The van der Waals surface area contributed by atoms with Crippen LogP contribution in [0.5, 0.6) is 0 Å². The topological polar surface area (TPSA) is 58.4 Å². The molecule has 0 bridgehead atoms. The Bertz CT molecular complexity index is 680. The fourth-order valence-electron chi connectivity index (χ4n) is 3.25. The van der Waals surface area contributed by atoms with Crippen molar-refractivity contribution in [3.63, 3.8) is 0 Å². The highest BCUT2D eigenvalue weighted by molar-refractivity contribution is 5.82. The molecule has 0 radical (unpaired) electrons. The lowest BCUT2D eigenvalue weighted by Crippen LogP contribution is -2.38. The van der Waals surface area contributed by atoms with E-state index in [0.29, 0.717) is 13.0 Å². The molecule has 5 heteroatoms. The van der Waals surface area contributed by atoms with Gasteiger partial charge in [0.25, 0.3) is 0 Å². The molecule has 1 atom stereocenters. The number of carbonyl (C=O) groups is 1. The molecule has 0 saturated carbocycles. The molecule has 0 spiro atoms. The van der Waals surface area contributed by atoms with E-state index < -0.39 is 11.4 Å². The van der Waals surface area contributed by atoms with Gasteiger partial charge < -0.3 is 5.11 Å². The molecule has 1 saturated heterocycles. The van der Waals surface area contributed by atoms with E-state index in [1.807, 2.05) is 55.2 Å². The van der Waals surface area contributed by atoms with Gasteiger partial charge in [-0.15, -0.1) is 0 Å². The second kappa shape index (κ2) is 5.57. The smallest absolute Gasteiger partial charge is 0.315 e. The minimum absolute atomic E-state index is 0.542. The van der Waals surface area contributed by atoms with E-state index in [1.165, 1.54) is 0 Å². The molecule has 2 aromatic rings. The van der Waals surface area contributed by atoms with Crippen LogP contribution in [-0.4, -0.2) is 38.8 Å². The maximum absolute atomic E-state index is 11.9. The third-order valence-corrected chi connectivity index (χ3v) is 4.81. The molecule has 1 aromatic heterocycles. The Morgan fingerprint density at radius 3 is 2.68 bits per heavy atom. The average Bonchev–Trinajstić information content (AvgIpc) is 3.08. The molecule has 5 nitrogen and oxygen atoms in total. The van der Waals surface area contributed by atoms with Gasteiger partial charge in [0.2, 0.25) is 0 Å². The summed E-state index contributed by atoms with van der Waals surface area (Å²) in [6.07, 6.45) is 2.52. The second-order valence-electron chi connectivity index (χ2n) is 6.09. The van der Waals surface area contributed by atoms with Gasteiger partial charge in [0.15, 0.2) is 0 Å². The standard InChI is InChI=1S/C17H21N3O2/c1-13-14(10-18-19(13)2)11-20-9-8-17(12-20,16(21)22)15-6-4-3-5-7-15/h3-7,10H,8-9,11-12H2,1-2H3,(H,21,22). The van der Waals surface area contributed by atoms with Crippen LogP contribution in [-0.2, 0) is 23.8 Å². The van der Waals surface area contributed by atoms with Gasteiger partial charge in [0.05, 0.1) is 6.20 Å². The van der Waals surface area contributed by atoms with Crippen molar-refractivity contribution >= 4 is 5.97 Å². The first-order chi connectivity index (χ1) is 10.5. The molecule has 1 unspecified atom stereocenters. The number of hydrogen-bond acceptors (Lipinski definition) is 3. The number of likely N-dealkylation sites (tertiary alicyclic amines) is 1. The lowest BCUT2D eigenvalue weighted by atomic mass is 9.80. The Morgan fingerprint density at radius 1 is 1.36 bits per heavy atom. The van der Waals surface area contributed by atoms with Gasteiger partial charge in [0.1, 0.15) is 5.41 Å². The van der Waals surface area contributed by atoms with Crippen LogP contribution in [0, 0.1) is 6.92 Å². The van der Waals surface area contributed by atoms with Crippen molar-refractivity contribution in [2.24, 2.45) is 7.05 Å². The van der Waals surface area contributed by atoms with E-state index in [4.69, 9.17) is 0 Å². The van der Waals surface area contributed by atoms with Crippen molar-refractivity contribution < 1.29 is 9.90 Å². The minimum Gasteiger partial charge on any atom is -0.481 e. The summed E-state index contributed by atoms with van der Waals surface area (Å²) in [7, 11) is 1.92. The fourth-order valence-corrected chi connectivity index (χ4v) is 3.25. The highest BCUT2D eigenvalue weighted by Gasteiger charge is 2.46. The summed E-state index contributed by atoms with van der Waals surface area (Å²) in [6.45, 7) is 4.12. The number of aliphatic carboxylic acids is 1. The van der Waals surface area contributed by atoms with E-state index in [1.54, 1.807) is 0 Å². The number of rotatable bonds is 4. The first-order valence-electron chi connectivity index (χ1n) is 7.52. The van der Waals surface area contributed by atoms with E-state index in [9.17, 15) is 9.90 Å². The van der Waals surface area contributed by atoms with Crippen LogP contribution in [0.3, 0.4) is 0 Å². The van der Waals surface area contributed by atoms with Gasteiger partial charge in [-0.2, -0.15) is 5.10 Å². The highest BCUT2D eigenvalue weighted by Crippen LogP contribution is 2.35. The summed E-state index contributed by atoms with van der Waals surface area (Å²) in [6, 6.07) is 9.59. The summed E-state index contributed by atoms with van der Waals surface area (Å²) in [5.41, 5.74) is 2.40. The maximum Gasteiger partial charge on any atom is 0.315 e. The van der Waals surface area contributed by atoms with Crippen LogP contribution in [0.4, 0.5) is 0 Å². The van der Waals surface area contributed by atoms with Gasteiger partial charge in [-0.05, 0) is 18.9 Å². The quantitative estimate of drug-likeness (QED) is 0.937. The predicted octanol–water partition coefficient (Wildman–Crippen LogP) is 1.96.